The molecule has 1 saturated heterocycles. The smallest absolute Gasteiger partial charge is 0.288 e. The molecule has 1 aliphatic rings. The maximum atomic E-state index is 13.4. The van der Waals surface area contributed by atoms with Crippen LogP contribution in [0.25, 0.3) is 11.1 Å². The Labute approximate surface area is 113 Å². The number of hydrogen-bond donors (Lipinski definition) is 0. The van der Waals surface area contributed by atoms with Gasteiger partial charge in [0, 0.05) is 5.56 Å². The van der Waals surface area contributed by atoms with E-state index in [1.807, 2.05) is 32.5 Å². The van der Waals surface area contributed by atoms with Gasteiger partial charge in [-0.3, -0.25) is 4.84 Å². The second-order valence-electron chi connectivity index (χ2n) is 4.66. The summed E-state index contributed by atoms with van der Waals surface area (Å²) in [6.45, 7) is 2.72. The van der Waals surface area contributed by atoms with Crippen molar-refractivity contribution >= 4 is 13.1 Å². The Bertz CT molecular complexity index is 596. The summed E-state index contributed by atoms with van der Waals surface area (Å²) in [5.74, 6) is -0.226. The van der Waals surface area contributed by atoms with E-state index in [-0.39, 0.29) is 5.82 Å². The minimum absolute atomic E-state index is 0.226. The second kappa shape index (κ2) is 5.06. The first-order valence-electron chi connectivity index (χ1n) is 6.36. The molecule has 0 aliphatic carbocycles. The van der Waals surface area contributed by atoms with Gasteiger partial charge in [0.25, 0.3) is 7.41 Å². The van der Waals surface area contributed by atoms with Crippen molar-refractivity contribution in [3.8, 4) is 11.1 Å². The molecule has 1 fully saturated rings. The third-order valence-electron chi connectivity index (χ3n) is 3.17. The normalized spacial score (nSPS) is 14.5. The van der Waals surface area contributed by atoms with Gasteiger partial charge in [0.05, 0.1) is 12.3 Å². The van der Waals surface area contributed by atoms with Crippen LogP contribution < -0.4 is 4.97 Å². The lowest BCUT2D eigenvalue weighted by Gasteiger charge is -2.21. The molecule has 1 heterocycles. The molecule has 0 amide bonds. The third kappa shape index (κ3) is 2.49. The van der Waals surface area contributed by atoms with Crippen molar-refractivity contribution in [3.05, 3.63) is 53.8 Å². The van der Waals surface area contributed by atoms with E-state index in [0.29, 0.717) is 6.61 Å². The van der Waals surface area contributed by atoms with E-state index < -0.39 is 0 Å². The zero-order valence-electron chi connectivity index (χ0n) is 10.8. The SMILES string of the molecule is Cc1ccc(N2[B]CCO2)c(-c2cccc(F)c2)c1. The van der Waals surface area contributed by atoms with E-state index in [2.05, 4.69) is 6.07 Å². The average molecular weight is 254 g/mol. The fourth-order valence-electron chi connectivity index (χ4n) is 2.27. The van der Waals surface area contributed by atoms with Crippen molar-refractivity contribution in [2.75, 3.05) is 11.6 Å². The van der Waals surface area contributed by atoms with Gasteiger partial charge in [-0.25, -0.2) is 4.39 Å². The molecule has 2 aromatic carbocycles. The van der Waals surface area contributed by atoms with Gasteiger partial charge in [-0.1, -0.05) is 23.8 Å². The van der Waals surface area contributed by atoms with Gasteiger partial charge in [0.15, 0.2) is 0 Å². The zero-order chi connectivity index (χ0) is 13.2. The maximum Gasteiger partial charge on any atom is 0.288 e. The molecule has 0 unspecified atom stereocenters. The number of hydrogen-bond acceptors (Lipinski definition) is 2. The van der Waals surface area contributed by atoms with Crippen molar-refractivity contribution in [1.82, 2.24) is 0 Å². The van der Waals surface area contributed by atoms with Gasteiger partial charge in [0.2, 0.25) is 0 Å². The third-order valence-corrected chi connectivity index (χ3v) is 3.17. The summed E-state index contributed by atoms with van der Waals surface area (Å²) in [7, 11) is 2.01. The molecule has 1 aliphatic heterocycles. The molecule has 95 valence electrons. The van der Waals surface area contributed by atoms with Crippen LogP contribution in [0.15, 0.2) is 42.5 Å². The number of nitrogens with zero attached hydrogens (tertiary/aromatic N) is 1. The Morgan fingerprint density at radius 1 is 1.21 bits per heavy atom. The standard InChI is InChI=1S/C15H14BFNO/c1-11-5-6-15(18-16-7-8-19-18)14(9-11)12-3-2-4-13(17)10-12/h2-6,9-10H,7-8H2,1H3. The first kappa shape index (κ1) is 12.2. The number of aryl methyl sites for hydroxylation is 1. The Kier molecular flexibility index (Phi) is 3.26. The average Bonchev–Trinajstić information content (AvgIpc) is 2.92. The minimum atomic E-state index is -0.226. The molecule has 1 radical (unpaired) electrons. The van der Waals surface area contributed by atoms with E-state index in [1.54, 1.807) is 17.1 Å². The Morgan fingerprint density at radius 2 is 2.11 bits per heavy atom. The molecule has 0 N–H and O–H groups in total. The van der Waals surface area contributed by atoms with Gasteiger partial charge in [-0.05, 0) is 43.1 Å². The quantitative estimate of drug-likeness (QED) is 0.759. The molecule has 0 atom stereocenters. The first-order chi connectivity index (χ1) is 9.24. The van der Waals surface area contributed by atoms with Crippen LogP contribution >= 0.6 is 0 Å². The Morgan fingerprint density at radius 3 is 2.84 bits per heavy atom. The van der Waals surface area contributed by atoms with Crippen molar-refractivity contribution in [2.45, 2.75) is 13.2 Å². The van der Waals surface area contributed by atoms with E-state index >= 15 is 0 Å². The van der Waals surface area contributed by atoms with Gasteiger partial charge >= 0.3 is 0 Å². The lowest BCUT2D eigenvalue weighted by Crippen LogP contribution is -2.19. The lowest BCUT2D eigenvalue weighted by atomic mass is 9.88. The van der Waals surface area contributed by atoms with Crippen molar-refractivity contribution in [3.63, 3.8) is 0 Å². The summed E-state index contributed by atoms with van der Waals surface area (Å²) in [6, 6.07) is 12.7. The summed E-state index contributed by atoms with van der Waals surface area (Å²) in [5.41, 5.74) is 3.94. The van der Waals surface area contributed by atoms with E-state index in [4.69, 9.17) is 4.84 Å². The molecule has 0 saturated carbocycles. The molecule has 19 heavy (non-hydrogen) atoms. The topological polar surface area (TPSA) is 12.5 Å². The van der Waals surface area contributed by atoms with Gasteiger partial charge in [-0.2, -0.15) is 0 Å². The lowest BCUT2D eigenvalue weighted by molar-refractivity contribution is 0.185. The summed E-state index contributed by atoms with van der Waals surface area (Å²) >= 11 is 0. The molecule has 0 bridgehead atoms. The number of rotatable bonds is 2. The fourth-order valence-corrected chi connectivity index (χ4v) is 2.27. The van der Waals surface area contributed by atoms with Crippen LogP contribution in [0.1, 0.15) is 5.56 Å². The molecule has 0 spiro atoms. The van der Waals surface area contributed by atoms with Crippen LogP contribution in [0.2, 0.25) is 6.32 Å². The summed E-state index contributed by atoms with van der Waals surface area (Å²) in [5, 5.41) is 0. The molecule has 3 rings (SSSR count). The maximum absolute atomic E-state index is 13.4. The van der Waals surface area contributed by atoms with Crippen molar-refractivity contribution in [1.29, 1.82) is 0 Å². The molecular formula is C15H14BFNO. The highest BCUT2D eigenvalue weighted by atomic mass is 19.1. The summed E-state index contributed by atoms with van der Waals surface area (Å²) in [4.78, 5) is 7.33. The molecule has 2 nitrogen and oxygen atoms in total. The van der Waals surface area contributed by atoms with Gasteiger partial charge < -0.3 is 4.97 Å². The Balaban J connectivity index is 2.10. The summed E-state index contributed by atoms with van der Waals surface area (Å²) in [6.07, 6.45) is 0.899. The van der Waals surface area contributed by atoms with Crippen LogP contribution in [0, 0.1) is 12.7 Å². The predicted molar refractivity (Wildman–Crippen MR) is 75.6 cm³/mol. The van der Waals surface area contributed by atoms with Crippen molar-refractivity contribution in [2.24, 2.45) is 0 Å². The summed E-state index contributed by atoms with van der Waals surface area (Å²) < 4.78 is 13.4. The van der Waals surface area contributed by atoms with Crippen LogP contribution in [-0.4, -0.2) is 14.0 Å². The minimum Gasteiger partial charge on any atom is -0.306 e. The van der Waals surface area contributed by atoms with E-state index in [9.17, 15) is 4.39 Å². The molecule has 0 aromatic heterocycles. The highest BCUT2D eigenvalue weighted by Crippen LogP contribution is 2.33. The van der Waals surface area contributed by atoms with Crippen LogP contribution in [0.4, 0.5) is 10.1 Å². The fraction of sp³-hybridized carbons (Fsp3) is 0.200. The molecule has 2 aromatic rings. The predicted octanol–water partition coefficient (Wildman–Crippen LogP) is 3.59. The Hall–Kier alpha value is -1.81. The van der Waals surface area contributed by atoms with E-state index in [0.717, 1.165) is 28.7 Å². The van der Waals surface area contributed by atoms with Gasteiger partial charge in [-0.15, -0.1) is 0 Å². The van der Waals surface area contributed by atoms with E-state index in [1.165, 1.54) is 6.07 Å². The molecular weight excluding hydrogens is 240 g/mol. The van der Waals surface area contributed by atoms with Crippen LogP contribution in [0.3, 0.4) is 0 Å². The highest BCUT2D eigenvalue weighted by molar-refractivity contribution is 6.41. The largest absolute Gasteiger partial charge is 0.306 e. The number of anilines is 1. The first-order valence-corrected chi connectivity index (χ1v) is 6.36. The van der Waals surface area contributed by atoms with Crippen molar-refractivity contribution < 1.29 is 9.23 Å². The number of halogens is 1. The second-order valence-corrected chi connectivity index (χ2v) is 4.66. The van der Waals surface area contributed by atoms with Crippen LogP contribution in [0.5, 0.6) is 0 Å². The number of benzene rings is 2. The highest BCUT2D eigenvalue weighted by Gasteiger charge is 2.19. The molecule has 4 heteroatoms. The van der Waals surface area contributed by atoms with Gasteiger partial charge in [0.1, 0.15) is 5.82 Å². The zero-order valence-corrected chi connectivity index (χ0v) is 10.8. The monoisotopic (exact) mass is 254 g/mol. The van der Waals surface area contributed by atoms with Crippen LogP contribution in [-0.2, 0) is 4.84 Å².